The first-order valence-electron chi connectivity index (χ1n) is 12.9. The molecule has 40 heavy (non-hydrogen) atoms. The Bertz CT molecular complexity index is 1790. The molecule has 5 rings (SSSR count). The SMILES string of the molecule is Cn1c(C2CCCN(C(=O)OC(C)(C)C)C2)nc2c1c(=O)n(Cc1cc3c(Cl)cccc3n1C(=O)O)c(=O)n2C. The fraction of sp³-hybridized carbons (Fsp3) is 0.444. The van der Waals surface area contributed by atoms with Crippen molar-refractivity contribution in [2.24, 2.45) is 14.1 Å². The molecule has 1 aromatic carbocycles. The standard InChI is InChI=1S/C27H31ClN6O6/c1-27(2,3)40-26(39)32-11-7-8-15(13-32)21-29-22-20(30(21)4)23(35)33(24(36)31(22)5)14-16-12-17-18(28)9-6-10-19(17)34(16)25(37)38/h6,9-10,12,15H,7-8,11,13-14H2,1-5H3,(H,37,38). The van der Waals surface area contributed by atoms with E-state index in [1.807, 2.05) is 20.8 Å². The van der Waals surface area contributed by atoms with Gasteiger partial charge in [0.2, 0.25) is 0 Å². The molecule has 13 heteroatoms. The van der Waals surface area contributed by atoms with Crippen molar-refractivity contribution < 1.29 is 19.4 Å². The quantitative estimate of drug-likeness (QED) is 0.396. The summed E-state index contributed by atoms with van der Waals surface area (Å²) in [6, 6.07) is 6.46. The number of carbonyl (C=O) groups is 2. The van der Waals surface area contributed by atoms with Crippen molar-refractivity contribution >= 4 is 45.9 Å². The van der Waals surface area contributed by atoms with Gasteiger partial charge in [-0.15, -0.1) is 0 Å². The summed E-state index contributed by atoms with van der Waals surface area (Å²) >= 11 is 6.29. The van der Waals surface area contributed by atoms with Crippen LogP contribution in [0.2, 0.25) is 5.02 Å². The van der Waals surface area contributed by atoms with Crippen LogP contribution >= 0.6 is 11.6 Å². The van der Waals surface area contributed by atoms with E-state index in [1.165, 1.54) is 11.6 Å². The van der Waals surface area contributed by atoms with Crippen molar-refractivity contribution in [3.05, 3.63) is 61.6 Å². The minimum atomic E-state index is -1.26. The second-order valence-corrected chi connectivity index (χ2v) is 11.5. The van der Waals surface area contributed by atoms with Crippen LogP contribution in [0.3, 0.4) is 0 Å². The van der Waals surface area contributed by atoms with Gasteiger partial charge in [0.25, 0.3) is 5.56 Å². The van der Waals surface area contributed by atoms with Gasteiger partial charge in [-0.2, -0.15) is 0 Å². The topological polar surface area (TPSA) is 134 Å². The molecule has 1 fully saturated rings. The molecule has 4 aromatic rings. The monoisotopic (exact) mass is 570 g/mol. The van der Waals surface area contributed by atoms with Gasteiger partial charge < -0.3 is 19.3 Å². The lowest BCUT2D eigenvalue weighted by molar-refractivity contribution is 0.0195. The minimum Gasteiger partial charge on any atom is -0.464 e. The van der Waals surface area contributed by atoms with Crippen LogP contribution in [0.5, 0.6) is 0 Å². The molecule has 12 nitrogen and oxygen atoms in total. The zero-order valence-electron chi connectivity index (χ0n) is 23.0. The second kappa shape index (κ2) is 9.84. The van der Waals surface area contributed by atoms with E-state index in [1.54, 1.807) is 40.8 Å². The Morgan fingerprint density at radius 3 is 2.58 bits per heavy atom. The summed E-state index contributed by atoms with van der Waals surface area (Å²) in [5, 5.41) is 10.8. The third-order valence-corrected chi connectivity index (χ3v) is 7.54. The van der Waals surface area contributed by atoms with Crippen molar-refractivity contribution in [3.63, 3.8) is 0 Å². The molecule has 212 valence electrons. The molecule has 1 amide bonds. The fourth-order valence-corrected chi connectivity index (χ4v) is 5.62. The molecule has 1 unspecified atom stereocenters. The molecule has 4 heterocycles. The molecule has 1 atom stereocenters. The Labute approximate surface area is 233 Å². The number of piperidine rings is 1. The van der Waals surface area contributed by atoms with Crippen LogP contribution in [0.25, 0.3) is 22.1 Å². The number of benzene rings is 1. The molecule has 1 saturated heterocycles. The highest BCUT2D eigenvalue weighted by molar-refractivity contribution is 6.35. The average Bonchev–Trinajstić information content (AvgIpc) is 3.43. The van der Waals surface area contributed by atoms with E-state index in [0.717, 1.165) is 22.0 Å². The van der Waals surface area contributed by atoms with Gasteiger partial charge in [-0.1, -0.05) is 17.7 Å². The number of amides is 1. The summed E-state index contributed by atoms with van der Waals surface area (Å²) in [6.45, 7) is 6.08. The van der Waals surface area contributed by atoms with E-state index < -0.39 is 29.0 Å². The van der Waals surface area contributed by atoms with Crippen molar-refractivity contribution in [3.8, 4) is 0 Å². The summed E-state index contributed by atoms with van der Waals surface area (Å²) in [5.74, 6) is 0.415. The minimum absolute atomic E-state index is 0.168. The van der Waals surface area contributed by atoms with Gasteiger partial charge in [-0.25, -0.2) is 23.9 Å². The third kappa shape index (κ3) is 4.66. The van der Waals surface area contributed by atoms with Gasteiger partial charge >= 0.3 is 17.9 Å². The molecule has 0 aliphatic carbocycles. The molecule has 0 spiro atoms. The van der Waals surface area contributed by atoms with Crippen LogP contribution in [0.4, 0.5) is 9.59 Å². The van der Waals surface area contributed by atoms with Crippen molar-refractivity contribution in [1.29, 1.82) is 0 Å². The maximum Gasteiger partial charge on any atom is 0.416 e. The van der Waals surface area contributed by atoms with Crippen molar-refractivity contribution in [2.45, 2.75) is 51.7 Å². The summed E-state index contributed by atoms with van der Waals surface area (Å²) in [6.07, 6.45) is -0.177. The van der Waals surface area contributed by atoms with Crippen LogP contribution < -0.4 is 11.2 Å². The lowest BCUT2D eigenvalue weighted by Gasteiger charge is -2.33. The average molecular weight is 571 g/mol. The first kappa shape index (κ1) is 27.5. The van der Waals surface area contributed by atoms with Gasteiger partial charge in [0.15, 0.2) is 11.2 Å². The number of ether oxygens (including phenoxy) is 1. The number of fused-ring (bicyclic) bond motifs is 2. The molecule has 1 aliphatic heterocycles. The predicted molar refractivity (Wildman–Crippen MR) is 149 cm³/mol. The molecule has 1 aliphatic rings. The van der Waals surface area contributed by atoms with E-state index in [-0.39, 0.29) is 29.3 Å². The number of hydrogen-bond acceptors (Lipinski definition) is 6. The first-order chi connectivity index (χ1) is 18.8. The Kier molecular flexibility index (Phi) is 6.77. The molecular weight excluding hydrogens is 540 g/mol. The maximum atomic E-state index is 13.7. The molecule has 0 saturated carbocycles. The van der Waals surface area contributed by atoms with Crippen LogP contribution in [-0.4, -0.2) is 64.1 Å². The Hall–Kier alpha value is -4.06. The summed E-state index contributed by atoms with van der Waals surface area (Å²) < 4.78 is 10.5. The normalized spacial score (nSPS) is 16.1. The number of likely N-dealkylation sites (tertiary alicyclic amines) is 1. The van der Waals surface area contributed by atoms with Crippen LogP contribution in [0.1, 0.15) is 51.0 Å². The highest BCUT2D eigenvalue weighted by Gasteiger charge is 2.32. The Balaban J connectivity index is 1.57. The second-order valence-electron chi connectivity index (χ2n) is 11.1. The molecular formula is C27H31ClN6O6. The summed E-state index contributed by atoms with van der Waals surface area (Å²) in [5.41, 5.74) is -0.833. The lowest BCUT2D eigenvalue weighted by Crippen LogP contribution is -2.42. The van der Waals surface area contributed by atoms with E-state index in [0.29, 0.717) is 34.8 Å². The number of rotatable bonds is 3. The summed E-state index contributed by atoms with van der Waals surface area (Å²) in [4.78, 5) is 58.3. The van der Waals surface area contributed by atoms with Crippen LogP contribution in [-0.2, 0) is 25.4 Å². The van der Waals surface area contributed by atoms with Crippen molar-refractivity contribution in [1.82, 2.24) is 28.2 Å². The van der Waals surface area contributed by atoms with E-state index in [9.17, 15) is 24.3 Å². The van der Waals surface area contributed by atoms with E-state index in [4.69, 9.17) is 16.3 Å². The van der Waals surface area contributed by atoms with Gasteiger partial charge in [-0.3, -0.25) is 13.9 Å². The number of carbonyl (C=O) groups excluding carboxylic acids is 1. The predicted octanol–water partition coefficient (Wildman–Crippen LogP) is 3.73. The van der Waals surface area contributed by atoms with Gasteiger partial charge in [0.1, 0.15) is 11.4 Å². The summed E-state index contributed by atoms with van der Waals surface area (Å²) in [7, 11) is 3.23. The van der Waals surface area contributed by atoms with E-state index >= 15 is 0 Å². The number of carboxylic acid groups (broad SMARTS) is 1. The Morgan fingerprint density at radius 1 is 1.18 bits per heavy atom. The maximum absolute atomic E-state index is 13.7. The number of nitrogens with zero attached hydrogens (tertiary/aromatic N) is 6. The number of imidazole rings is 1. The highest BCUT2D eigenvalue weighted by Crippen LogP contribution is 2.29. The zero-order valence-corrected chi connectivity index (χ0v) is 23.7. The fourth-order valence-electron chi connectivity index (χ4n) is 5.40. The third-order valence-electron chi connectivity index (χ3n) is 7.21. The van der Waals surface area contributed by atoms with Gasteiger partial charge in [0, 0.05) is 43.5 Å². The van der Waals surface area contributed by atoms with Gasteiger partial charge in [0.05, 0.1) is 17.8 Å². The largest absolute Gasteiger partial charge is 0.464 e. The smallest absolute Gasteiger partial charge is 0.416 e. The van der Waals surface area contributed by atoms with Crippen molar-refractivity contribution in [2.75, 3.05) is 13.1 Å². The zero-order chi connectivity index (χ0) is 29.1. The molecule has 3 aromatic heterocycles. The van der Waals surface area contributed by atoms with E-state index in [2.05, 4.69) is 4.98 Å². The first-order valence-corrected chi connectivity index (χ1v) is 13.3. The number of aromatic nitrogens is 5. The molecule has 0 bridgehead atoms. The Morgan fingerprint density at radius 2 is 1.90 bits per heavy atom. The van der Waals surface area contributed by atoms with Gasteiger partial charge in [-0.05, 0) is 51.8 Å². The highest BCUT2D eigenvalue weighted by atomic mass is 35.5. The number of aryl methyl sites for hydroxylation is 2. The van der Waals surface area contributed by atoms with Crippen LogP contribution in [0, 0.1) is 0 Å². The molecule has 1 N–H and O–H groups in total. The lowest BCUT2D eigenvalue weighted by atomic mass is 9.97. The number of hydrogen-bond donors (Lipinski definition) is 1. The number of halogens is 1. The van der Waals surface area contributed by atoms with Crippen LogP contribution in [0.15, 0.2) is 33.9 Å². The molecule has 0 radical (unpaired) electrons.